The summed E-state index contributed by atoms with van der Waals surface area (Å²) in [4.78, 5) is 1.06. The fourth-order valence-electron chi connectivity index (χ4n) is 0.837. The highest BCUT2D eigenvalue weighted by molar-refractivity contribution is 7.97. The van der Waals surface area contributed by atoms with Crippen molar-refractivity contribution in [3.63, 3.8) is 0 Å². The summed E-state index contributed by atoms with van der Waals surface area (Å²) in [5.41, 5.74) is 0.962. The van der Waals surface area contributed by atoms with Crippen LogP contribution in [0.4, 0.5) is 4.39 Å². The Morgan fingerprint density at radius 3 is 2.73 bits per heavy atom. The molecule has 0 fully saturated rings. The number of nitrogens with one attached hydrogen (secondary N) is 1. The highest BCUT2D eigenvalue weighted by Crippen LogP contribution is 2.19. The maximum atomic E-state index is 12.6. The molecule has 3 heteroatoms. The summed E-state index contributed by atoms with van der Waals surface area (Å²) in [6.07, 6.45) is 0. The number of hydrogen-bond acceptors (Lipinski definition) is 2. The molecule has 0 aliphatic heterocycles. The predicted molar refractivity (Wildman–Crippen MR) is 46.1 cm³/mol. The van der Waals surface area contributed by atoms with Crippen LogP contribution in [0.5, 0.6) is 0 Å². The summed E-state index contributed by atoms with van der Waals surface area (Å²) in [5.74, 6) is -0.178. The molecule has 0 atom stereocenters. The van der Waals surface area contributed by atoms with E-state index in [1.54, 1.807) is 6.07 Å². The zero-order valence-electron chi connectivity index (χ0n) is 6.52. The first-order valence-corrected chi connectivity index (χ1v) is 4.15. The van der Waals surface area contributed by atoms with Crippen molar-refractivity contribution in [2.75, 3.05) is 7.05 Å². The van der Waals surface area contributed by atoms with E-state index < -0.39 is 0 Å². The molecule has 0 bridgehead atoms. The number of rotatable bonds is 2. The van der Waals surface area contributed by atoms with Crippen LogP contribution in [0.15, 0.2) is 23.1 Å². The summed E-state index contributed by atoms with van der Waals surface area (Å²) in [7, 11) is 1.84. The maximum Gasteiger partial charge on any atom is 0.123 e. The van der Waals surface area contributed by atoms with Gasteiger partial charge in [0.25, 0.3) is 0 Å². The third kappa shape index (κ3) is 2.20. The first-order valence-electron chi connectivity index (χ1n) is 3.34. The number of aryl methyl sites for hydroxylation is 1. The smallest absolute Gasteiger partial charge is 0.123 e. The third-order valence-corrected chi connectivity index (χ3v) is 2.23. The van der Waals surface area contributed by atoms with Crippen LogP contribution < -0.4 is 4.72 Å². The summed E-state index contributed by atoms with van der Waals surface area (Å²) in [6, 6.07) is 4.76. The van der Waals surface area contributed by atoms with Crippen LogP contribution in [0.2, 0.25) is 0 Å². The second-order valence-electron chi connectivity index (χ2n) is 2.22. The Morgan fingerprint density at radius 2 is 2.18 bits per heavy atom. The minimum atomic E-state index is -0.178. The zero-order valence-corrected chi connectivity index (χ0v) is 7.33. The van der Waals surface area contributed by atoms with Crippen molar-refractivity contribution >= 4 is 11.9 Å². The molecular formula is C8H10FNS. The van der Waals surface area contributed by atoms with E-state index in [0.29, 0.717) is 0 Å². The SMILES string of the molecule is CNSc1ccc(F)cc1C. The van der Waals surface area contributed by atoms with Gasteiger partial charge in [-0.2, -0.15) is 0 Å². The summed E-state index contributed by atoms with van der Waals surface area (Å²) in [6.45, 7) is 1.89. The van der Waals surface area contributed by atoms with E-state index in [0.717, 1.165) is 10.5 Å². The van der Waals surface area contributed by atoms with E-state index in [-0.39, 0.29) is 5.82 Å². The lowest BCUT2D eigenvalue weighted by atomic mass is 10.2. The van der Waals surface area contributed by atoms with E-state index in [2.05, 4.69) is 4.72 Å². The van der Waals surface area contributed by atoms with Crippen LogP contribution >= 0.6 is 11.9 Å². The van der Waals surface area contributed by atoms with E-state index in [9.17, 15) is 4.39 Å². The van der Waals surface area contributed by atoms with Crippen molar-refractivity contribution in [3.8, 4) is 0 Å². The van der Waals surface area contributed by atoms with Crippen molar-refractivity contribution in [2.45, 2.75) is 11.8 Å². The van der Waals surface area contributed by atoms with Gasteiger partial charge in [0.05, 0.1) is 0 Å². The van der Waals surface area contributed by atoms with E-state index in [4.69, 9.17) is 0 Å². The van der Waals surface area contributed by atoms with Gasteiger partial charge in [-0.25, -0.2) is 4.39 Å². The molecule has 60 valence electrons. The van der Waals surface area contributed by atoms with Gasteiger partial charge in [-0.1, -0.05) is 0 Å². The minimum absolute atomic E-state index is 0.178. The molecule has 0 heterocycles. The van der Waals surface area contributed by atoms with Crippen molar-refractivity contribution in [3.05, 3.63) is 29.6 Å². The monoisotopic (exact) mass is 171 g/mol. The highest BCUT2D eigenvalue weighted by atomic mass is 32.2. The van der Waals surface area contributed by atoms with Gasteiger partial charge in [-0.15, -0.1) is 0 Å². The van der Waals surface area contributed by atoms with Gasteiger partial charge in [0.1, 0.15) is 5.82 Å². The molecule has 1 rings (SSSR count). The van der Waals surface area contributed by atoms with Crippen LogP contribution in [0.1, 0.15) is 5.56 Å². The Labute approximate surface area is 70.1 Å². The predicted octanol–water partition coefficient (Wildman–Crippen LogP) is 2.36. The quantitative estimate of drug-likeness (QED) is 0.685. The van der Waals surface area contributed by atoms with Crippen LogP contribution in [0.25, 0.3) is 0 Å². The lowest BCUT2D eigenvalue weighted by Crippen LogP contribution is -1.92. The van der Waals surface area contributed by atoms with E-state index in [1.807, 2.05) is 14.0 Å². The fraction of sp³-hybridized carbons (Fsp3) is 0.250. The van der Waals surface area contributed by atoms with Crippen molar-refractivity contribution in [1.29, 1.82) is 0 Å². The number of hydrogen-bond donors (Lipinski definition) is 1. The standard InChI is InChI=1S/C8H10FNS/c1-6-5-7(9)3-4-8(6)11-10-2/h3-5,10H,1-2H3. The molecule has 0 aliphatic carbocycles. The molecular weight excluding hydrogens is 161 g/mol. The Bertz CT molecular complexity index is 250. The van der Waals surface area contributed by atoms with Crippen LogP contribution in [0, 0.1) is 12.7 Å². The zero-order chi connectivity index (χ0) is 8.27. The topological polar surface area (TPSA) is 12.0 Å². The second kappa shape index (κ2) is 3.74. The van der Waals surface area contributed by atoms with E-state index in [1.165, 1.54) is 24.1 Å². The number of halogens is 1. The highest BCUT2D eigenvalue weighted by Gasteiger charge is 1.98. The Hall–Kier alpha value is -0.540. The van der Waals surface area contributed by atoms with Gasteiger partial charge in [0.15, 0.2) is 0 Å². The second-order valence-corrected chi connectivity index (χ2v) is 3.27. The Balaban J connectivity index is 2.90. The molecule has 11 heavy (non-hydrogen) atoms. The van der Waals surface area contributed by atoms with Crippen molar-refractivity contribution in [1.82, 2.24) is 4.72 Å². The maximum absolute atomic E-state index is 12.6. The van der Waals surface area contributed by atoms with Crippen molar-refractivity contribution < 1.29 is 4.39 Å². The lowest BCUT2D eigenvalue weighted by molar-refractivity contribution is 0.625. The van der Waals surface area contributed by atoms with Crippen LogP contribution in [-0.2, 0) is 0 Å². The van der Waals surface area contributed by atoms with Gasteiger partial charge in [-0.05, 0) is 49.7 Å². The molecule has 0 unspecified atom stereocenters. The molecule has 1 aromatic carbocycles. The van der Waals surface area contributed by atoms with Crippen LogP contribution in [0.3, 0.4) is 0 Å². The molecule has 0 saturated carbocycles. The third-order valence-electron chi connectivity index (χ3n) is 1.35. The molecule has 0 aliphatic rings. The molecule has 0 spiro atoms. The lowest BCUT2D eigenvalue weighted by Gasteiger charge is -2.02. The average molecular weight is 171 g/mol. The first-order chi connectivity index (χ1) is 5.24. The summed E-state index contributed by atoms with van der Waals surface area (Å²) in [5, 5.41) is 0. The molecule has 1 N–H and O–H groups in total. The van der Waals surface area contributed by atoms with Gasteiger partial charge in [-0.3, -0.25) is 4.72 Å². The fourth-order valence-corrected chi connectivity index (χ4v) is 1.41. The van der Waals surface area contributed by atoms with Crippen molar-refractivity contribution in [2.24, 2.45) is 0 Å². The van der Waals surface area contributed by atoms with Crippen LogP contribution in [-0.4, -0.2) is 7.05 Å². The van der Waals surface area contributed by atoms with Gasteiger partial charge < -0.3 is 0 Å². The molecule has 1 nitrogen and oxygen atoms in total. The van der Waals surface area contributed by atoms with Gasteiger partial charge >= 0.3 is 0 Å². The summed E-state index contributed by atoms with van der Waals surface area (Å²) >= 11 is 1.49. The average Bonchev–Trinajstić information content (AvgIpc) is 1.95. The first kappa shape index (κ1) is 8.56. The minimum Gasteiger partial charge on any atom is -0.263 e. The molecule has 0 saturated heterocycles. The van der Waals surface area contributed by atoms with Gasteiger partial charge in [0.2, 0.25) is 0 Å². The molecule has 0 amide bonds. The molecule has 0 radical (unpaired) electrons. The normalized spacial score (nSPS) is 10.1. The van der Waals surface area contributed by atoms with E-state index >= 15 is 0 Å². The number of benzene rings is 1. The largest absolute Gasteiger partial charge is 0.263 e. The summed E-state index contributed by atoms with van der Waals surface area (Å²) < 4.78 is 15.5. The molecule has 0 aromatic heterocycles. The molecule has 1 aromatic rings. The van der Waals surface area contributed by atoms with Gasteiger partial charge in [0, 0.05) is 4.90 Å². The Kier molecular flexibility index (Phi) is 2.91. The Morgan fingerprint density at radius 1 is 1.45 bits per heavy atom.